The number of hydrogen-bond donors (Lipinski definition) is 0. The number of amides is 2. The van der Waals surface area contributed by atoms with Gasteiger partial charge in [0.05, 0.1) is 23.2 Å². The van der Waals surface area contributed by atoms with Gasteiger partial charge in [-0.2, -0.15) is 9.78 Å². The van der Waals surface area contributed by atoms with E-state index in [0.29, 0.717) is 48.7 Å². The summed E-state index contributed by atoms with van der Waals surface area (Å²) in [5.41, 5.74) is 2.17. The van der Waals surface area contributed by atoms with Crippen molar-refractivity contribution in [3.05, 3.63) is 94.3 Å². The molecule has 0 saturated carbocycles. The summed E-state index contributed by atoms with van der Waals surface area (Å²) in [4.78, 5) is 42.5. The van der Waals surface area contributed by atoms with Crippen molar-refractivity contribution in [2.24, 2.45) is 7.05 Å². The van der Waals surface area contributed by atoms with E-state index in [0.717, 1.165) is 5.56 Å². The van der Waals surface area contributed by atoms with Gasteiger partial charge in [0, 0.05) is 45.6 Å². The maximum Gasteiger partial charge on any atom is 0.282 e. The number of para-hydroxylation sites is 1. The van der Waals surface area contributed by atoms with Gasteiger partial charge in [-0.1, -0.05) is 30.3 Å². The Kier molecular flexibility index (Phi) is 5.90. The monoisotopic (exact) mass is 473 g/mol. The number of carbonyl (C=O) groups is 2. The molecule has 0 bridgehead atoms. The number of piperazine rings is 1. The third kappa shape index (κ3) is 4.44. The van der Waals surface area contributed by atoms with Gasteiger partial charge in [-0.15, -0.1) is 0 Å². The second-order valence-electron chi connectivity index (χ2n) is 8.63. The molecule has 0 aliphatic carbocycles. The van der Waals surface area contributed by atoms with Gasteiger partial charge in [0.15, 0.2) is 0 Å². The molecule has 3 heterocycles. The third-order valence-corrected chi connectivity index (χ3v) is 6.22. The first kappa shape index (κ1) is 22.5. The highest BCUT2D eigenvalue weighted by atomic mass is 19.1. The van der Waals surface area contributed by atoms with Gasteiger partial charge in [0.2, 0.25) is 5.91 Å². The average Bonchev–Trinajstić information content (AvgIpc) is 3.21. The van der Waals surface area contributed by atoms with Gasteiger partial charge in [-0.05, 0) is 29.8 Å². The Morgan fingerprint density at radius 2 is 1.57 bits per heavy atom. The van der Waals surface area contributed by atoms with Gasteiger partial charge in [-0.3, -0.25) is 14.4 Å². The van der Waals surface area contributed by atoms with Crippen LogP contribution >= 0.6 is 0 Å². The fraction of sp³-hybridized carbons (Fsp3) is 0.231. The minimum absolute atomic E-state index is 0.0604. The Bertz CT molecular complexity index is 1400. The fourth-order valence-electron chi connectivity index (χ4n) is 4.35. The van der Waals surface area contributed by atoms with Gasteiger partial charge in [-0.25, -0.2) is 4.39 Å². The molecule has 9 heteroatoms. The molecule has 0 aromatic heterocycles. The predicted octanol–water partition coefficient (Wildman–Crippen LogP) is 2.34. The molecule has 2 aromatic rings. The summed E-state index contributed by atoms with van der Waals surface area (Å²) in [5.74, 6) is -0.626. The summed E-state index contributed by atoms with van der Waals surface area (Å²) in [5, 5.41) is 4.49. The predicted molar refractivity (Wildman–Crippen MR) is 128 cm³/mol. The summed E-state index contributed by atoms with van der Waals surface area (Å²) < 4.78 is 16.1. The normalized spacial score (nSPS) is 13.9. The summed E-state index contributed by atoms with van der Waals surface area (Å²) in [7, 11) is 1.77. The van der Waals surface area contributed by atoms with Crippen molar-refractivity contribution < 1.29 is 14.0 Å². The largest absolute Gasteiger partial charge is 0.356 e. The molecule has 2 amide bonds. The number of nitrogens with zero attached hydrogens (tertiary/aromatic N) is 5. The molecular weight excluding hydrogens is 449 g/mol. The number of aromatic nitrogens is 3. The average molecular weight is 474 g/mol. The first-order chi connectivity index (χ1) is 16.9. The highest BCUT2D eigenvalue weighted by Crippen LogP contribution is 2.24. The van der Waals surface area contributed by atoms with E-state index in [1.807, 2.05) is 18.2 Å². The number of hydrogen-bond acceptors (Lipinski definition) is 4. The molecule has 178 valence electrons. The highest BCUT2D eigenvalue weighted by Gasteiger charge is 2.29. The lowest BCUT2D eigenvalue weighted by Crippen LogP contribution is -2.51. The second-order valence-corrected chi connectivity index (χ2v) is 8.63. The second kappa shape index (κ2) is 9.17. The molecule has 0 radical (unpaired) electrons. The lowest BCUT2D eigenvalue weighted by atomic mass is 10.1. The molecule has 5 rings (SSSR count). The van der Waals surface area contributed by atoms with Crippen LogP contribution in [0.2, 0.25) is 0 Å². The van der Waals surface area contributed by atoms with Crippen molar-refractivity contribution in [1.82, 2.24) is 24.1 Å². The summed E-state index contributed by atoms with van der Waals surface area (Å²) in [6.45, 7) is 1.55. The van der Waals surface area contributed by atoms with Crippen LogP contribution in [-0.2, 0) is 18.3 Å². The topological polar surface area (TPSA) is 80.4 Å². The number of benzene rings is 2. The summed E-state index contributed by atoms with van der Waals surface area (Å²) in [6, 6.07) is 15.0. The molecule has 0 atom stereocenters. The molecule has 1 fully saturated rings. The van der Waals surface area contributed by atoms with Crippen LogP contribution in [0.5, 0.6) is 0 Å². The Labute approximate surface area is 201 Å². The van der Waals surface area contributed by atoms with Gasteiger partial charge < -0.3 is 14.4 Å². The van der Waals surface area contributed by atoms with Crippen LogP contribution in [0.4, 0.5) is 4.39 Å². The van der Waals surface area contributed by atoms with Crippen LogP contribution in [0, 0.1) is 5.82 Å². The van der Waals surface area contributed by atoms with E-state index >= 15 is 0 Å². The van der Waals surface area contributed by atoms with Crippen LogP contribution in [0.15, 0.2) is 71.8 Å². The molecule has 8 nitrogen and oxygen atoms in total. The van der Waals surface area contributed by atoms with E-state index in [-0.39, 0.29) is 29.6 Å². The first-order valence-electron chi connectivity index (χ1n) is 11.4. The number of halogens is 1. The van der Waals surface area contributed by atoms with Crippen molar-refractivity contribution in [3.8, 4) is 16.9 Å². The van der Waals surface area contributed by atoms with Gasteiger partial charge in [0.25, 0.3) is 11.5 Å². The molecule has 35 heavy (non-hydrogen) atoms. The highest BCUT2D eigenvalue weighted by molar-refractivity contribution is 6.00. The fourth-order valence-corrected chi connectivity index (χ4v) is 4.35. The number of rotatable bonds is 4. The Hall–Kier alpha value is -4.27. The molecule has 0 N–H and O–H groups in total. The van der Waals surface area contributed by atoms with E-state index in [1.165, 1.54) is 16.8 Å². The SMILES string of the molecule is Cn1cc(C(=O)N2CCN(C(=O)Cc3ccc(F)cc3)CC2)c2nn(-c3ccccc3)c(=O)c-2c1. The van der Waals surface area contributed by atoms with E-state index in [9.17, 15) is 18.8 Å². The zero-order valence-electron chi connectivity index (χ0n) is 19.2. The van der Waals surface area contributed by atoms with Crippen molar-refractivity contribution in [2.45, 2.75) is 6.42 Å². The van der Waals surface area contributed by atoms with Crippen LogP contribution in [0.1, 0.15) is 15.9 Å². The maximum absolute atomic E-state index is 13.4. The summed E-state index contributed by atoms with van der Waals surface area (Å²) >= 11 is 0. The van der Waals surface area contributed by atoms with Crippen molar-refractivity contribution in [3.63, 3.8) is 0 Å². The van der Waals surface area contributed by atoms with Crippen LogP contribution in [0.3, 0.4) is 0 Å². The van der Waals surface area contributed by atoms with Crippen molar-refractivity contribution in [1.29, 1.82) is 0 Å². The minimum Gasteiger partial charge on any atom is -0.356 e. The molecule has 1 saturated heterocycles. The smallest absolute Gasteiger partial charge is 0.282 e. The van der Waals surface area contributed by atoms with E-state index in [2.05, 4.69) is 5.10 Å². The Morgan fingerprint density at radius 3 is 2.26 bits per heavy atom. The molecule has 0 unspecified atom stereocenters. The zero-order valence-corrected chi connectivity index (χ0v) is 19.2. The molecule has 0 spiro atoms. The number of fused-ring (bicyclic) bond motifs is 1. The standard InChI is InChI=1S/C26H24FN5O3/c1-29-16-21(24-22(17-29)26(35)32(28-24)20-5-3-2-4-6-20)25(34)31-13-11-30(12-14-31)23(33)15-18-7-9-19(27)10-8-18/h2-10,16-17H,11-15H2,1H3. The lowest BCUT2D eigenvalue weighted by molar-refractivity contribution is -0.131. The van der Waals surface area contributed by atoms with Crippen molar-refractivity contribution in [2.75, 3.05) is 26.2 Å². The Balaban J connectivity index is 1.33. The van der Waals surface area contributed by atoms with Gasteiger partial charge >= 0.3 is 0 Å². The van der Waals surface area contributed by atoms with Gasteiger partial charge in [0.1, 0.15) is 11.5 Å². The number of aryl methyl sites for hydroxylation is 1. The van der Waals surface area contributed by atoms with E-state index in [4.69, 9.17) is 0 Å². The minimum atomic E-state index is -0.338. The number of pyridine rings is 1. The molecule has 3 aliphatic rings. The lowest BCUT2D eigenvalue weighted by Gasteiger charge is -2.35. The molecular formula is C26H24FN5O3. The van der Waals surface area contributed by atoms with E-state index in [1.54, 1.807) is 58.1 Å². The Morgan fingerprint density at radius 1 is 0.914 bits per heavy atom. The maximum atomic E-state index is 13.4. The van der Waals surface area contributed by atoms with Crippen molar-refractivity contribution >= 4 is 11.8 Å². The van der Waals surface area contributed by atoms with Crippen LogP contribution in [0.25, 0.3) is 16.9 Å². The quantitative estimate of drug-likeness (QED) is 0.456. The number of carbonyl (C=O) groups excluding carboxylic acids is 2. The molecule has 2 aromatic carbocycles. The van der Waals surface area contributed by atoms with Crippen LogP contribution in [-0.4, -0.2) is 62.1 Å². The van der Waals surface area contributed by atoms with Crippen LogP contribution < -0.4 is 5.56 Å². The van der Waals surface area contributed by atoms with E-state index < -0.39 is 0 Å². The first-order valence-corrected chi connectivity index (χ1v) is 11.4. The third-order valence-electron chi connectivity index (χ3n) is 6.22. The zero-order chi connectivity index (χ0) is 24.5. The summed E-state index contributed by atoms with van der Waals surface area (Å²) in [6.07, 6.45) is 3.54. The molecule has 3 aliphatic heterocycles.